The maximum absolute atomic E-state index is 11.2. The van der Waals surface area contributed by atoms with Crippen LogP contribution in [0.25, 0.3) is 0 Å². The Bertz CT molecular complexity index is 365. The van der Waals surface area contributed by atoms with Crippen molar-refractivity contribution in [3.05, 3.63) is 29.8 Å². The Morgan fingerprint density at radius 1 is 1.38 bits per heavy atom. The van der Waals surface area contributed by atoms with E-state index in [4.69, 9.17) is 0 Å². The molecule has 4 nitrogen and oxygen atoms in total. The number of rotatable bonds is 4. The largest absolute Gasteiger partial charge is 0.508 e. The molecule has 1 rings (SSSR count). The predicted octanol–water partition coefficient (Wildman–Crippen LogP) is 1.60. The molecule has 4 heteroatoms. The molecule has 0 fully saturated rings. The van der Waals surface area contributed by atoms with Crippen LogP contribution in [0.5, 0.6) is 5.75 Å². The summed E-state index contributed by atoms with van der Waals surface area (Å²) in [5, 5.41) is 12.7. The van der Waals surface area contributed by atoms with Crippen molar-refractivity contribution < 1.29 is 14.6 Å². The van der Waals surface area contributed by atoms with Crippen LogP contribution in [0.2, 0.25) is 0 Å². The summed E-state index contributed by atoms with van der Waals surface area (Å²) in [7, 11) is 1.35. The maximum Gasteiger partial charge on any atom is 0.322 e. The minimum atomic E-state index is -0.403. The molecule has 0 bridgehead atoms. The maximum atomic E-state index is 11.2. The number of benzene rings is 1. The number of nitrogens with one attached hydrogen (secondary N) is 1. The number of phenols is 1. The summed E-state index contributed by atoms with van der Waals surface area (Å²) in [5.74, 6) is -0.0955. The molecule has 0 saturated carbocycles. The molecule has 0 spiro atoms. The summed E-state index contributed by atoms with van der Waals surface area (Å²) >= 11 is 0. The van der Waals surface area contributed by atoms with Crippen LogP contribution in [0.4, 0.5) is 0 Å². The third-order valence-electron chi connectivity index (χ3n) is 2.46. The van der Waals surface area contributed by atoms with Crippen molar-refractivity contribution in [3.63, 3.8) is 0 Å². The summed E-state index contributed by atoms with van der Waals surface area (Å²) in [6, 6.07) is 6.52. The number of phenolic OH excluding ortho intramolecular Hbond substituents is 1. The Morgan fingerprint density at radius 3 is 2.56 bits per heavy atom. The van der Waals surface area contributed by atoms with Crippen molar-refractivity contribution in [2.45, 2.75) is 25.9 Å². The zero-order valence-corrected chi connectivity index (χ0v) is 9.73. The summed E-state index contributed by atoms with van der Waals surface area (Å²) in [4.78, 5) is 11.2. The lowest BCUT2D eigenvalue weighted by atomic mass is 10.1. The smallest absolute Gasteiger partial charge is 0.322 e. The van der Waals surface area contributed by atoms with E-state index in [0.29, 0.717) is 0 Å². The van der Waals surface area contributed by atoms with Gasteiger partial charge >= 0.3 is 5.97 Å². The first kappa shape index (κ1) is 12.5. The lowest BCUT2D eigenvalue weighted by molar-refractivity contribution is -0.142. The van der Waals surface area contributed by atoms with Gasteiger partial charge in [-0.3, -0.25) is 10.1 Å². The van der Waals surface area contributed by atoms with E-state index in [1.807, 2.05) is 19.1 Å². The fourth-order valence-corrected chi connectivity index (χ4v) is 1.56. The highest BCUT2D eigenvalue weighted by Gasteiger charge is 2.17. The van der Waals surface area contributed by atoms with Crippen LogP contribution in [0.15, 0.2) is 24.3 Å². The van der Waals surface area contributed by atoms with Gasteiger partial charge in [0.25, 0.3) is 0 Å². The second-order valence-corrected chi connectivity index (χ2v) is 3.69. The Balaban J connectivity index is 2.69. The zero-order valence-electron chi connectivity index (χ0n) is 9.73. The molecule has 16 heavy (non-hydrogen) atoms. The van der Waals surface area contributed by atoms with Crippen molar-refractivity contribution >= 4 is 5.97 Å². The first-order valence-electron chi connectivity index (χ1n) is 5.18. The van der Waals surface area contributed by atoms with Crippen molar-refractivity contribution in [1.82, 2.24) is 5.32 Å². The van der Waals surface area contributed by atoms with Gasteiger partial charge in [0.15, 0.2) is 0 Å². The standard InChI is InChI=1S/C12H17NO3/c1-8(13-9(2)12(15)16-3)10-6-4-5-7-11(10)14/h4-9,13-14H,1-3H3/t8?,9-/m0/s1. The van der Waals surface area contributed by atoms with E-state index in [9.17, 15) is 9.90 Å². The van der Waals surface area contributed by atoms with Crippen molar-refractivity contribution in [1.29, 1.82) is 0 Å². The number of carbonyl (C=O) groups is 1. The molecule has 0 saturated heterocycles. The van der Waals surface area contributed by atoms with E-state index in [-0.39, 0.29) is 17.8 Å². The molecule has 0 aliphatic carbocycles. The molecule has 1 aromatic rings. The molecular formula is C12H17NO3. The first-order chi connectivity index (χ1) is 7.56. The Kier molecular flexibility index (Phi) is 4.31. The zero-order chi connectivity index (χ0) is 12.1. The third-order valence-corrected chi connectivity index (χ3v) is 2.46. The van der Waals surface area contributed by atoms with E-state index < -0.39 is 6.04 Å². The molecule has 0 heterocycles. The van der Waals surface area contributed by atoms with Gasteiger partial charge in [-0.2, -0.15) is 0 Å². The lowest BCUT2D eigenvalue weighted by Gasteiger charge is -2.19. The summed E-state index contributed by atoms with van der Waals surface area (Å²) < 4.78 is 4.62. The number of ether oxygens (including phenoxy) is 1. The van der Waals surface area contributed by atoms with Gasteiger partial charge in [-0.05, 0) is 19.9 Å². The topological polar surface area (TPSA) is 58.6 Å². The summed E-state index contributed by atoms with van der Waals surface area (Å²) in [5.41, 5.74) is 0.762. The molecule has 0 amide bonds. The average Bonchev–Trinajstić information content (AvgIpc) is 2.28. The van der Waals surface area contributed by atoms with Gasteiger partial charge in [0.2, 0.25) is 0 Å². The highest BCUT2D eigenvalue weighted by atomic mass is 16.5. The van der Waals surface area contributed by atoms with Crippen LogP contribution in [-0.4, -0.2) is 24.2 Å². The van der Waals surface area contributed by atoms with E-state index in [0.717, 1.165) is 5.56 Å². The molecule has 0 aliphatic rings. The van der Waals surface area contributed by atoms with Crippen LogP contribution >= 0.6 is 0 Å². The number of esters is 1. The fraction of sp³-hybridized carbons (Fsp3) is 0.417. The molecule has 88 valence electrons. The van der Waals surface area contributed by atoms with Crippen LogP contribution in [0.3, 0.4) is 0 Å². The van der Waals surface area contributed by atoms with Crippen molar-refractivity contribution in [2.24, 2.45) is 0 Å². The molecule has 2 atom stereocenters. The molecule has 0 aromatic heterocycles. The highest BCUT2D eigenvalue weighted by Crippen LogP contribution is 2.23. The molecule has 0 aliphatic heterocycles. The van der Waals surface area contributed by atoms with Gasteiger partial charge in [0.1, 0.15) is 11.8 Å². The Labute approximate surface area is 95.2 Å². The van der Waals surface area contributed by atoms with Crippen LogP contribution in [0, 0.1) is 0 Å². The molecular weight excluding hydrogens is 206 g/mol. The van der Waals surface area contributed by atoms with Crippen LogP contribution in [-0.2, 0) is 9.53 Å². The van der Waals surface area contributed by atoms with Gasteiger partial charge in [0, 0.05) is 11.6 Å². The summed E-state index contributed by atoms with van der Waals surface area (Å²) in [6.07, 6.45) is 0. The molecule has 1 aromatic carbocycles. The quantitative estimate of drug-likeness (QED) is 0.761. The van der Waals surface area contributed by atoms with Crippen LogP contribution in [0.1, 0.15) is 25.5 Å². The summed E-state index contributed by atoms with van der Waals surface area (Å²) in [6.45, 7) is 3.61. The predicted molar refractivity (Wildman–Crippen MR) is 61.1 cm³/mol. The minimum absolute atomic E-state index is 0.115. The van der Waals surface area contributed by atoms with Crippen molar-refractivity contribution in [3.8, 4) is 5.75 Å². The van der Waals surface area contributed by atoms with E-state index in [1.165, 1.54) is 7.11 Å². The normalized spacial score (nSPS) is 14.2. The van der Waals surface area contributed by atoms with Gasteiger partial charge < -0.3 is 9.84 Å². The van der Waals surface area contributed by atoms with E-state index >= 15 is 0 Å². The van der Waals surface area contributed by atoms with Crippen LogP contribution < -0.4 is 5.32 Å². The number of hydrogen-bond acceptors (Lipinski definition) is 4. The van der Waals surface area contributed by atoms with Gasteiger partial charge in [-0.1, -0.05) is 18.2 Å². The number of methoxy groups -OCH3 is 1. The minimum Gasteiger partial charge on any atom is -0.508 e. The second-order valence-electron chi connectivity index (χ2n) is 3.69. The van der Waals surface area contributed by atoms with Crippen molar-refractivity contribution in [2.75, 3.05) is 7.11 Å². The number of para-hydroxylation sites is 1. The number of hydrogen-bond donors (Lipinski definition) is 2. The second kappa shape index (κ2) is 5.51. The fourth-order valence-electron chi connectivity index (χ4n) is 1.56. The average molecular weight is 223 g/mol. The first-order valence-corrected chi connectivity index (χ1v) is 5.18. The Hall–Kier alpha value is -1.55. The van der Waals surface area contributed by atoms with E-state index in [1.54, 1.807) is 19.1 Å². The molecule has 0 radical (unpaired) electrons. The third kappa shape index (κ3) is 2.97. The van der Waals surface area contributed by atoms with Gasteiger partial charge in [-0.25, -0.2) is 0 Å². The van der Waals surface area contributed by atoms with Gasteiger partial charge in [-0.15, -0.1) is 0 Å². The lowest BCUT2D eigenvalue weighted by Crippen LogP contribution is -2.36. The number of carbonyl (C=O) groups excluding carboxylic acids is 1. The highest BCUT2D eigenvalue weighted by molar-refractivity contribution is 5.75. The van der Waals surface area contributed by atoms with Gasteiger partial charge in [0.05, 0.1) is 7.11 Å². The molecule has 1 unspecified atom stereocenters. The monoisotopic (exact) mass is 223 g/mol. The number of aromatic hydroxyl groups is 1. The Morgan fingerprint density at radius 2 is 2.00 bits per heavy atom. The van der Waals surface area contributed by atoms with E-state index in [2.05, 4.69) is 10.1 Å². The SMILES string of the molecule is COC(=O)[C@H](C)NC(C)c1ccccc1O. The molecule has 2 N–H and O–H groups in total.